The van der Waals surface area contributed by atoms with Gasteiger partial charge in [0.1, 0.15) is 5.54 Å². The Morgan fingerprint density at radius 2 is 1.82 bits per heavy atom. The Labute approximate surface area is 198 Å². The molecule has 7 nitrogen and oxygen atoms in total. The van der Waals surface area contributed by atoms with Crippen LogP contribution in [-0.4, -0.2) is 44.9 Å². The SMILES string of the molecule is CCCCN1C(=O)C2C(c3ccccc3C)NC(Cc3c[nH]c4ccccc34)(C(=O)O)C2C1=O. The minimum absolute atomic E-state index is 0.0938. The number of hydrogen-bond acceptors (Lipinski definition) is 4. The number of imide groups is 1. The summed E-state index contributed by atoms with van der Waals surface area (Å²) < 4.78 is 0. The number of rotatable bonds is 7. The van der Waals surface area contributed by atoms with E-state index in [9.17, 15) is 19.5 Å². The van der Waals surface area contributed by atoms with Gasteiger partial charge in [0.05, 0.1) is 11.8 Å². The van der Waals surface area contributed by atoms with Crippen LogP contribution in [0.4, 0.5) is 0 Å². The number of carboxylic acids is 1. The van der Waals surface area contributed by atoms with Crippen LogP contribution < -0.4 is 5.32 Å². The third-order valence-electron chi connectivity index (χ3n) is 7.53. The Morgan fingerprint density at radius 3 is 2.56 bits per heavy atom. The quantitative estimate of drug-likeness (QED) is 0.469. The van der Waals surface area contributed by atoms with Gasteiger partial charge in [-0.1, -0.05) is 55.8 Å². The molecule has 2 amide bonds. The average Bonchev–Trinajstić information content (AvgIpc) is 3.46. The number of aromatic amines is 1. The summed E-state index contributed by atoms with van der Waals surface area (Å²) in [5, 5.41) is 14.9. The Morgan fingerprint density at radius 1 is 1.09 bits per heavy atom. The lowest BCUT2D eigenvalue weighted by atomic mass is 9.76. The van der Waals surface area contributed by atoms with Crippen molar-refractivity contribution in [1.82, 2.24) is 15.2 Å². The van der Waals surface area contributed by atoms with Crippen LogP contribution in [0, 0.1) is 18.8 Å². The molecule has 2 fully saturated rings. The molecule has 1 aromatic heterocycles. The third-order valence-corrected chi connectivity index (χ3v) is 7.53. The molecule has 0 spiro atoms. The van der Waals surface area contributed by atoms with Crippen LogP contribution in [0.25, 0.3) is 10.9 Å². The maximum atomic E-state index is 13.7. The van der Waals surface area contributed by atoms with Crippen LogP contribution in [-0.2, 0) is 20.8 Å². The first-order valence-corrected chi connectivity index (χ1v) is 11.9. The number of H-pyrrole nitrogens is 1. The second kappa shape index (κ2) is 8.40. The number of carboxylic acid groups (broad SMARTS) is 1. The number of amides is 2. The highest BCUT2D eigenvalue weighted by Crippen LogP contribution is 2.50. The monoisotopic (exact) mass is 459 g/mol. The molecule has 3 aromatic rings. The van der Waals surface area contributed by atoms with E-state index in [0.29, 0.717) is 13.0 Å². The fourth-order valence-corrected chi connectivity index (χ4v) is 5.82. The summed E-state index contributed by atoms with van der Waals surface area (Å²) in [6.45, 7) is 4.27. The third kappa shape index (κ3) is 3.26. The Balaban J connectivity index is 1.65. The minimum Gasteiger partial charge on any atom is -0.480 e. The number of carbonyl (C=O) groups is 3. The molecular formula is C27H29N3O4. The molecular weight excluding hydrogens is 430 g/mol. The maximum Gasteiger partial charge on any atom is 0.325 e. The number of nitrogens with zero attached hydrogens (tertiary/aromatic N) is 1. The van der Waals surface area contributed by atoms with Crippen molar-refractivity contribution in [3.8, 4) is 0 Å². The van der Waals surface area contributed by atoms with E-state index in [1.807, 2.05) is 68.6 Å². The van der Waals surface area contributed by atoms with E-state index in [4.69, 9.17) is 0 Å². The second-order valence-electron chi connectivity index (χ2n) is 9.48. The molecule has 2 aromatic carbocycles. The summed E-state index contributed by atoms with van der Waals surface area (Å²) >= 11 is 0. The van der Waals surface area contributed by atoms with Crippen LogP contribution in [0.2, 0.25) is 0 Å². The molecule has 4 unspecified atom stereocenters. The van der Waals surface area contributed by atoms with Gasteiger partial charge in [-0.3, -0.25) is 24.6 Å². The van der Waals surface area contributed by atoms with Gasteiger partial charge in [-0.15, -0.1) is 0 Å². The molecule has 2 aliphatic heterocycles. The van der Waals surface area contributed by atoms with Gasteiger partial charge in [0.25, 0.3) is 0 Å². The molecule has 176 valence electrons. The number of benzene rings is 2. The number of aliphatic carboxylic acids is 1. The molecule has 2 aliphatic rings. The maximum absolute atomic E-state index is 13.7. The molecule has 7 heteroatoms. The summed E-state index contributed by atoms with van der Waals surface area (Å²) in [6, 6.07) is 14.8. The van der Waals surface area contributed by atoms with Crippen molar-refractivity contribution in [2.75, 3.05) is 6.54 Å². The topological polar surface area (TPSA) is 102 Å². The number of aromatic nitrogens is 1. The van der Waals surface area contributed by atoms with Crippen molar-refractivity contribution in [2.24, 2.45) is 11.8 Å². The summed E-state index contributed by atoms with van der Waals surface area (Å²) in [6.07, 6.45) is 3.44. The van der Waals surface area contributed by atoms with Gasteiger partial charge in [0.15, 0.2) is 0 Å². The van der Waals surface area contributed by atoms with E-state index in [-0.39, 0.29) is 18.2 Å². The molecule has 34 heavy (non-hydrogen) atoms. The van der Waals surface area contributed by atoms with E-state index in [1.54, 1.807) is 0 Å². The van der Waals surface area contributed by atoms with Gasteiger partial charge in [-0.2, -0.15) is 0 Å². The highest BCUT2D eigenvalue weighted by molar-refractivity contribution is 6.09. The number of likely N-dealkylation sites (tertiary alicyclic amines) is 1. The predicted octanol–water partition coefficient (Wildman–Crippen LogP) is 3.59. The number of fused-ring (bicyclic) bond motifs is 2. The van der Waals surface area contributed by atoms with Gasteiger partial charge >= 0.3 is 5.97 Å². The van der Waals surface area contributed by atoms with Crippen LogP contribution in [0.15, 0.2) is 54.7 Å². The smallest absolute Gasteiger partial charge is 0.325 e. The van der Waals surface area contributed by atoms with Crippen molar-refractivity contribution in [1.29, 1.82) is 0 Å². The number of hydrogen-bond donors (Lipinski definition) is 3. The van der Waals surface area contributed by atoms with Gasteiger partial charge in [0, 0.05) is 36.1 Å². The van der Waals surface area contributed by atoms with Crippen LogP contribution >= 0.6 is 0 Å². The Bertz CT molecular complexity index is 1280. The molecule has 3 N–H and O–H groups in total. The normalized spacial score (nSPS) is 26.4. The summed E-state index contributed by atoms with van der Waals surface area (Å²) in [5.74, 6) is -3.50. The van der Waals surface area contributed by atoms with Crippen molar-refractivity contribution >= 4 is 28.7 Å². The van der Waals surface area contributed by atoms with Crippen LogP contribution in [0.1, 0.15) is 42.5 Å². The van der Waals surface area contributed by atoms with Crippen molar-refractivity contribution in [2.45, 2.75) is 44.7 Å². The van der Waals surface area contributed by atoms with Crippen molar-refractivity contribution in [3.05, 3.63) is 71.4 Å². The van der Waals surface area contributed by atoms with E-state index in [1.165, 1.54) is 4.90 Å². The predicted molar refractivity (Wildman–Crippen MR) is 128 cm³/mol. The first-order valence-electron chi connectivity index (χ1n) is 11.9. The van der Waals surface area contributed by atoms with Crippen molar-refractivity contribution in [3.63, 3.8) is 0 Å². The zero-order valence-corrected chi connectivity index (χ0v) is 19.4. The molecule has 0 saturated carbocycles. The fraction of sp³-hybridized carbons (Fsp3) is 0.370. The van der Waals surface area contributed by atoms with Gasteiger partial charge in [-0.25, -0.2) is 0 Å². The van der Waals surface area contributed by atoms with E-state index < -0.39 is 29.4 Å². The summed E-state index contributed by atoms with van der Waals surface area (Å²) in [5.41, 5.74) is 1.93. The first kappa shape index (κ1) is 22.3. The van der Waals surface area contributed by atoms with Crippen molar-refractivity contribution < 1.29 is 19.5 Å². The van der Waals surface area contributed by atoms with E-state index >= 15 is 0 Å². The van der Waals surface area contributed by atoms with Crippen LogP contribution in [0.5, 0.6) is 0 Å². The minimum atomic E-state index is -1.60. The molecule has 5 rings (SSSR count). The van der Waals surface area contributed by atoms with E-state index in [0.717, 1.165) is 34.0 Å². The zero-order valence-electron chi connectivity index (χ0n) is 19.4. The average molecular weight is 460 g/mol. The first-order chi connectivity index (χ1) is 16.4. The molecule has 4 atom stereocenters. The van der Waals surface area contributed by atoms with Gasteiger partial charge in [0.2, 0.25) is 11.8 Å². The van der Waals surface area contributed by atoms with Gasteiger partial charge < -0.3 is 10.1 Å². The highest BCUT2D eigenvalue weighted by Gasteiger charge is 2.68. The Hall–Kier alpha value is -3.45. The molecule has 0 aliphatic carbocycles. The van der Waals surface area contributed by atoms with Gasteiger partial charge in [-0.05, 0) is 36.1 Å². The molecule has 2 saturated heterocycles. The fourth-order valence-electron chi connectivity index (χ4n) is 5.82. The lowest BCUT2D eigenvalue weighted by Gasteiger charge is -2.31. The standard InChI is InChI=1S/C27H29N3O4/c1-3-4-13-30-24(31)21-22(25(30)32)27(26(33)34,29-23(21)18-10-6-5-9-16(18)2)14-17-15-28-20-12-8-7-11-19(17)20/h5-12,15,21-23,28-29H,3-4,13-14H2,1-2H3,(H,33,34). The highest BCUT2D eigenvalue weighted by atomic mass is 16.4. The number of nitrogens with one attached hydrogen (secondary N) is 2. The number of unbranched alkanes of at least 4 members (excludes halogenated alkanes) is 1. The summed E-state index contributed by atoms with van der Waals surface area (Å²) in [7, 11) is 0. The lowest BCUT2D eigenvalue weighted by Crippen LogP contribution is -2.57. The van der Waals surface area contributed by atoms with E-state index in [2.05, 4.69) is 10.3 Å². The number of para-hydroxylation sites is 1. The number of carbonyl (C=O) groups excluding carboxylic acids is 2. The molecule has 3 heterocycles. The summed E-state index contributed by atoms with van der Waals surface area (Å²) in [4.78, 5) is 44.8. The molecule has 0 radical (unpaired) electrons. The zero-order chi connectivity index (χ0) is 24.0. The lowest BCUT2D eigenvalue weighted by molar-refractivity contribution is -0.151. The second-order valence-corrected chi connectivity index (χ2v) is 9.48. The van der Waals surface area contributed by atoms with Crippen LogP contribution in [0.3, 0.4) is 0 Å². The molecule has 0 bridgehead atoms. The Kier molecular flexibility index (Phi) is 5.52. The largest absolute Gasteiger partial charge is 0.480 e. The number of aryl methyl sites for hydroxylation is 1.